The van der Waals surface area contributed by atoms with Crippen molar-refractivity contribution in [2.24, 2.45) is 14.1 Å². The lowest BCUT2D eigenvalue weighted by Gasteiger charge is -1.85. The van der Waals surface area contributed by atoms with Crippen molar-refractivity contribution in [1.82, 2.24) is 106 Å². The minimum absolute atomic E-state index is 0.711. The molecule has 23 heteroatoms. The molecule has 0 fully saturated rings. The van der Waals surface area contributed by atoms with E-state index in [1.165, 1.54) is 42.8 Å². The molecule has 0 aliphatic carbocycles. The lowest BCUT2D eigenvalue weighted by molar-refractivity contribution is -0.671. The second kappa shape index (κ2) is 106. The van der Waals surface area contributed by atoms with Crippen molar-refractivity contribution in [3.05, 3.63) is 260 Å². The van der Waals surface area contributed by atoms with Crippen LogP contribution in [0.1, 0.15) is 215 Å². The summed E-state index contributed by atoms with van der Waals surface area (Å²) in [4.78, 5) is 49.4. The molecule has 11 aromatic heterocycles. The number of pyridine rings is 2. The molecule has 0 aliphatic heterocycles. The molecule has 101 heavy (non-hydrogen) atoms. The van der Waals surface area contributed by atoms with Crippen LogP contribution in [0.2, 0.25) is 0 Å². The molecule has 11 aromatic rings. The largest absolute Gasteiger partial charge is 0.261 e. The van der Waals surface area contributed by atoms with Gasteiger partial charge in [-0.3, -0.25) is 9.97 Å². The summed E-state index contributed by atoms with van der Waals surface area (Å²) in [6, 6.07) is 17.6. The van der Waals surface area contributed by atoms with E-state index in [0.29, 0.717) is 5.82 Å². The van der Waals surface area contributed by atoms with Gasteiger partial charge in [0.1, 0.15) is 63.2 Å². The van der Waals surface area contributed by atoms with E-state index in [4.69, 9.17) is 0 Å². The highest BCUT2D eigenvalue weighted by molar-refractivity contribution is 5.03. The molecule has 0 amide bonds. The van der Waals surface area contributed by atoms with Gasteiger partial charge >= 0.3 is 0 Å². The summed E-state index contributed by atoms with van der Waals surface area (Å²) in [5.41, 5.74) is 8.69. The number of rotatable bonds is 0. The summed E-state index contributed by atoms with van der Waals surface area (Å²) in [5, 5.41) is 28.8. The Balaban J connectivity index is -0.0000000953. The second-order valence-electron chi connectivity index (χ2n) is 15.9. The predicted molar refractivity (Wildman–Crippen MR) is 424 cm³/mol. The SMILES string of the molecule is CC.CC.CC.CC.CC.CC.CC.CC.CC.CC.CC.Cc1cc[n+](C)cc1.Cc1ccc[n+](C)c1.Cc1cccnn1.Cc1ccncn1.Cc1ccnnc1.Cc1cnccn1.Cc1cncnc1.Cc1cnncn1.Cc1ncccn1.Cc1nccnn1.Cc1ncncn1. The first-order valence-electron chi connectivity index (χ1n) is 35.1. The monoisotopic (exact) mass is 1400 g/mol. The number of nitrogens with zero attached hydrogens (tertiary/aromatic N) is 23. The molecule has 0 unspecified atom stereocenters. The third kappa shape index (κ3) is 103. The maximum atomic E-state index is 3.92. The Morgan fingerprint density at radius 1 is 0.228 bits per heavy atom. The Labute approximate surface area is 614 Å². The average Bonchev–Trinajstić information content (AvgIpc) is 3.88. The fourth-order valence-electron chi connectivity index (χ4n) is 4.43. The molecule has 562 valence electrons. The van der Waals surface area contributed by atoms with Crippen molar-refractivity contribution in [2.45, 2.75) is 228 Å². The van der Waals surface area contributed by atoms with Gasteiger partial charge in [0, 0.05) is 97.6 Å². The van der Waals surface area contributed by atoms with Crippen LogP contribution in [-0.4, -0.2) is 106 Å². The fraction of sp³-hybridized carbons (Fsp3) is 0.449. The number of hydrogen-bond donors (Lipinski definition) is 0. The molecule has 0 aliphatic rings. The summed E-state index contributed by atoms with van der Waals surface area (Å²) in [5.74, 6) is 2.29. The molecule has 0 saturated heterocycles. The lowest BCUT2D eigenvalue weighted by atomic mass is 10.3. The topological polar surface area (TPSA) is 278 Å². The summed E-state index contributed by atoms with van der Waals surface area (Å²) in [6.45, 7) is 65.2. The molecule has 0 bridgehead atoms. The van der Waals surface area contributed by atoms with Crippen LogP contribution in [0, 0.1) is 76.2 Å². The summed E-state index contributed by atoms with van der Waals surface area (Å²) in [6.07, 6.45) is 39.2. The van der Waals surface area contributed by atoms with Gasteiger partial charge in [-0.1, -0.05) is 152 Å². The van der Waals surface area contributed by atoms with Crippen molar-refractivity contribution in [1.29, 1.82) is 0 Å². The molecular formula is C78H137N23+2. The first kappa shape index (κ1) is 115. The van der Waals surface area contributed by atoms with Gasteiger partial charge in [0.25, 0.3) is 0 Å². The number of aromatic nitrogens is 23. The van der Waals surface area contributed by atoms with E-state index < -0.39 is 0 Å². The molecule has 23 nitrogen and oxygen atoms in total. The first-order chi connectivity index (χ1) is 49.1. The zero-order valence-electron chi connectivity index (χ0n) is 69.3. The van der Waals surface area contributed by atoms with Crippen LogP contribution >= 0.6 is 0 Å². The van der Waals surface area contributed by atoms with Gasteiger partial charge in [-0.05, 0) is 129 Å². The van der Waals surface area contributed by atoms with Crippen LogP contribution in [0.25, 0.3) is 0 Å². The van der Waals surface area contributed by atoms with Gasteiger partial charge in [-0.15, -0.1) is 10.2 Å². The van der Waals surface area contributed by atoms with E-state index in [2.05, 4.69) is 144 Å². The minimum Gasteiger partial charge on any atom is -0.261 e. The second-order valence-corrected chi connectivity index (χ2v) is 15.9. The van der Waals surface area contributed by atoms with Crippen molar-refractivity contribution in [2.75, 3.05) is 0 Å². The zero-order chi connectivity index (χ0) is 80.0. The van der Waals surface area contributed by atoms with Gasteiger partial charge in [-0.25, -0.2) is 64.0 Å². The molecule has 0 spiro atoms. The molecule has 0 saturated carbocycles. The standard InChI is InChI=1S/2C7H10N.6C5H6N2.3C4H5N3.11C2H6/c1-7-3-5-8(2)6-4-7;1-7-4-3-5-8(2)6-7;1-5-2-6-4-7-3-5;1-5-4-6-2-3-7-5;1-5-2-3-6-4-7-5;1-5-2-3-6-7-4-5;1-5-6-3-2-4-7-5;1-5-3-2-4-6-7-5;1-4-6-2-5-3-7-4;1-4-2-6-7-3-5-4;1-4-5-2-3-6-7-4;11*1-2/h2*3-6H,1-2H3;6*2-4H,1H3;3*2-3H,1H3;11*1-2H3/q2*+1;;;;;;;;;;;;;;;;;;;;. The Morgan fingerprint density at radius 3 is 0.960 bits per heavy atom. The Kier molecular flexibility index (Phi) is 120. The predicted octanol–water partition coefficient (Wildman–Crippen LogP) is 18.2. The quantitative estimate of drug-likeness (QED) is 0.128. The van der Waals surface area contributed by atoms with Crippen molar-refractivity contribution in [3.8, 4) is 0 Å². The third-order valence-corrected chi connectivity index (χ3v) is 8.32. The van der Waals surface area contributed by atoms with Crippen LogP contribution in [-0.2, 0) is 14.1 Å². The van der Waals surface area contributed by atoms with Gasteiger partial charge in [0.05, 0.1) is 35.7 Å². The van der Waals surface area contributed by atoms with Crippen molar-refractivity contribution in [3.63, 3.8) is 0 Å². The van der Waals surface area contributed by atoms with E-state index in [9.17, 15) is 0 Å². The van der Waals surface area contributed by atoms with E-state index in [1.807, 2.05) is 280 Å². The molecule has 11 heterocycles. The van der Waals surface area contributed by atoms with Gasteiger partial charge in [0.2, 0.25) is 0 Å². The maximum Gasteiger partial charge on any atom is 0.171 e. The van der Waals surface area contributed by atoms with Crippen LogP contribution in [0.15, 0.2) is 198 Å². The molecule has 0 aromatic carbocycles. The summed E-state index contributed by atoms with van der Waals surface area (Å²) in [7, 11) is 4.03. The Morgan fingerprint density at radius 2 is 0.723 bits per heavy atom. The molecule has 0 N–H and O–H groups in total. The molecule has 0 atom stereocenters. The Bertz CT molecular complexity index is 2480. The van der Waals surface area contributed by atoms with Gasteiger partial charge in [-0.2, -0.15) is 30.6 Å². The molecular weight excluding hydrogens is 1260 g/mol. The molecule has 0 radical (unpaired) electrons. The minimum atomic E-state index is 0.711. The maximum absolute atomic E-state index is 3.92. The van der Waals surface area contributed by atoms with Crippen molar-refractivity contribution < 1.29 is 9.13 Å². The van der Waals surface area contributed by atoms with Gasteiger partial charge < -0.3 is 0 Å². The smallest absolute Gasteiger partial charge is 0.171 e. The van der Waals surface area contributed by atoms with Crippen LogP contribution in [0.5, 0.6) is 0 Å². The Hall–Kier alpha value is -10.2. The zero-order valence-corrected chi connectivity index (χ0v) is 69.3. The summed E-state index contributed by atoms with van der Waals surface area (Å²) >= 11 is 0. The normalized spacial score (nSPS) is 7.55. The third-order valence-electron chi connectivity index (χ3n) is 8.32. The van der Waals surface area contributed by atoms with Crippen molar-refractivity contribution >= 4 is 0 Å². The fourth-order valence-corrected chi connectivity index (χ4v) is 4.43. The van der Waals surface area contributed by atoms with Crippen LogP contribution in [0.4, 0.5) is 0 Å². The highest BCUT2D eigenvalue weighted by Crippen LogP contribution is 1.90. The van der Waals surface area contributed by atoms with Crippen LogP contribution < -0.4 is 9.13 Å². The first-order valence-corrected chi connectivity index (χ1v) is 35.1. The molecule has 11 rings (SSSR count). The van der Waals surface area contributed by atoms with E-state index in [-0.39, 0.29) is 0 Å². The van der Waals surface area contributed by atoms with E-state index >= 15 is 0 Å². The van der Waals surface area contributed by atoms with Crippen LogP contribution in [0.3, 0.4) is 0 Å². The highest BCUT2D eigenvalue weighted by Gasteiger charge is 1.88. The average molecular weight is 1400 g/mol. The number of aryl methyl sites for hydroxylation is 13. The highest BCUT2D eigenvalue weighted by atomic mass is 15.1. The van der Waals surface area contributed by atoms with E-state index in [0.717, 1.165) is 45.6 Å². The summed E-state index contributed by atoms with van der Waals surface area (Å²) < 4.78 is 4.06. The van der Waals surface area contributed by atoms with Gasteiger partial charge in [0.15, 0.2) is 24.8 Å². The lowest BCUT2D eigenvalue weighted by Crippen LogP contribution is -2.26. The number of hydrogen-bond acceptors (Lipinski definition) is 21. The van der Waals surface area contributed by atoms with E-state index in [1.54, 1.807) is 99.7 Å².